The zero-order chi connectivity index (χ0) is 20.4. The summed E-state index contributed by atoms with van der Waals surface area (Å²) in [7, 11) is 0. The molecule has 4 rings (SSSR count). The normalized spacial score (nSPS) is 16.4. The van der Waals surface area contributed by atoms with Crippen LogP contribution in [0.15, 0.2) is 66.7 Å². The third-order valence-electron chi connectivity index (χ3n) is 5.13. The number of quaternary nitrogens is 1. The van der Waals surface area contributed by atoms with Crippen molar-refractivity contribution in [2.24, 2.45) is 0 Å². The number of hydrogen-bond acceptors (Lipinski definition) is 3. The minimum Gasteiger partial charge on any atom is -0.332 e. The van der Waals surface area contributed by atoms with Crippen molar-refractivity contribution >= 4 is 39.9 Å². The van der Waals surface area contributed by atoms with Gasteiger partial charge in [-0.3, -0.25) is 14.4 Å². The summed E-state index contributed by atoms with van der Waals surface area (Å²) >= 11 is 0. The van der Waals surface area contributed by atoms with E-state index < -0.39 is 6.04 Å². The monoisotopic (exact) mass is 388 g/mol. The number of rotatable bonds is 5. The van der Waals surface area contributed by atoms with Gasteiger partial charge in [-0.2, -0.15) is 0 Å². The predicted octanol–water partition coefficient (Wildman–Crippen LogP) is 2.19. The first-order valence-corrected chi connectivity index (χ1v) is 9.57. The van der Waals surface area contributed by atoms with Gasteiger partial charge >= 0.3 is 0 Å². The van der Waals surface area contributed by atoms with Crippen molar-refractivity contribution < 1.29 is 19.7 Å². The lowest BCUT2D eigenvalue weighted by molar-refractivity contribution is -0.689. The summed E-state index contributed by atoms with van der Waals surface area (Å²) in [5.41, 5.74) is 2.29. The predicted molar refractivity (Wildman–Crippen MR) is 111 cm³/mol. The maximum Gasteiger partial charge on any atom is 0.292 e. The third kappa shape index (κ3) is 3.88. The highest BCUT2D eigenvalue weighted by atomic mass is 16.2. The minimum absolute atomic E-state index is 0.172. The van der Waals surface area contributed by atoms with Crippen LogP contribution in [-0.2, 0) is 20.9 Å². The summed E-state index contributed by atoms with van der Waals surface area (Å²) in [6, 6.07) is 20.6. The molecule has 0 radical (unpaired) electrons. The molecule has 1 atom stereocenters. The van der Waals surface area contributed by atoms with Crippen LogP contribution in [0, 0.1) is 0 Å². The molecule has 1 saturated heterocycles. The number of amides is 3. The van der Waals surface area contributed by atoms with Crippen LogP contribution < -0.4 is 15.5 Å². The highest BCUT2D eigenvalue weighted by molar-refractivity contribution is 6.21. The van der Waals surface area contributed by atoms with Gasteiger partial charge in [-0.1, -0.05) is 42.5 Å². The number of carbonyl (C=O) groups excluding carboxylic acids is 3. The zero-order valence-corrected chi connectivity index (χ0v) is 16.1. The smallest absolute Gasteiger partial charge is 0.292 e. The van der Waals surface area contributed by atoms with Gasteiger partial charge in [0.2, 0.25) is 11.8 Å². The first kappa shape index (κ1) is 18.8. The Kier molecular flexibility index (Phi) is 5.10. The number of benzene rings is 3. The van der Waals surface area contributed by atoms with Gasteiger partial charge in [0.05, 0.1) is 12.1 Å². The fraction of sp³-hybridized carbons (Fsp3) is 0.174. The maximum absolute atomic E-state index is 12.9. The van der Waals surface area contributed by atoms with E-state index >= 15 is 0 Å². The SMILES string of the molecule is CC(=O)Nc1ccc(N2C(=O)C[C@H]([NH2+]Cc3cccc4ccccc34)C2=O)cc1. The topological polar surface area (TPSA) is 83.1 Å². The summed E-state index contributed by atoms with van der Waals surface area (Å²) in [5.74, 6) is -0.585. The fourth-order valence-electron chi connectivity index (χ4n) is 3.75. The van der Waals surface area contributed by atoms with E-state index in [1.807, 2.05) is 23.5 Å². The molecule has 1 aliphatic heterocycles. The Morgan fingerprint density at radius 2 is 1.76 bits per heavy atom. The Balaban J connectivity index is 1.47. The number of anilines is 2. The van der Waals surface area contributed by atoms with Gasteiger partial charge in [0.15, 0.2) is 6.04 Å². The Bertz CT molecular complexity index is 1090. The van der Waals surface area contributed by atoms with Crippen LogP contribution in [-0.4, -0.2) is 23.8 Å². The molecule has 6 nitrogen and oxygen atoms in total. The number of fused-ring (bicyclic) bond motifs is 1. The third-order valence-corrected chi connectivity index (χ3v) is 5.13. The average Bonchev–Trinajstić information content (AvgIpc) is 3.00. The summed E-state index contributed by atoms with van der Waals surface area (Å²) in [5, 5.41) is 6.93. The van der Waals surface area contributed by atoms with E-state index in [9.17, 15) is 14.4 Å². The van der Waals surface area contributed by atoms with Gasteiger partial charge in [0, 0.05) is 18.2 Å². The van der Waals surface area contributed by atoms with Gasteiger partial charge in [-0.15, -0.1) is 0 Å². The number of imide groups is 1. The molecule has 0 unspecified atom stereocenters. The lowest BCUT2D eigenvalue weighted by Crippen LogP contribution is -2.90. The molecule has 3 aromatic carbocycles. The zero-order valence-electron chi connectivity index (χ0n) is 16.1. The second-order valence-electron chi connectivity index (χ2n) is 7.18. The van der Waals surface area contributed by atoms with E-state index in [0.717, 1.165) is 16.3 Å². The average molecular weight is 388 g/mol. The molecule has 3 N–H and O–H groups in total. The number of nitrogens with two attached hydrogens (primary N) is 1. The summed E-state index contributed by atoms with van der Waals surface area (Å²) < 4.78 is 0. The van der Waals surface area contributed by atoms with Gasteiger partial charge in [-0.05, 0) is 35.0 Å². The van der Waals surface area contributed by atoms with E-state index in [0.29, 0.717) is 17.9 Å². The van der Waals surface area contributed by atoms with Crippen LogP contribution in [0.2, 0.25) is 0 Å². The molecule has 0 aromatic heterocycles. The Hall–Kier alpha value is -3.51. The number of carbonyl (C=O) groups is 3. The number of hydrogen-bond donors (Lipinski definition) is 2. The molecule has 6 heteroatoms. The quantitative estimate of drug-likeness (QED) is 0.658. The highest BCUT2D eigenvalue weighted by Crippen LogP contribution is 2.24. The van der Waals surface area contributed by atoms with E-state index in [4.69, 9.17) is 0 Å². The van der Waals surface area contributed by atoms with Gasteiger partial charge in [0.1, 0.15) is 6.54 Å². The fourth-order valence-corrected chi connectivity index (χ4v) is 3.75. The molecule has 146 valence electrons. The molecule has 3 amide bonds. The Morgan fingerprint density at radius 3 is 2.52 bits per heavy atom. The van der Waals surface area contributed by atoms with E-state index in [1.165, 1.54) is 11.8 Å². The Morgan fingerprint density at radius 1 is 1.03 bits per heavy atom. The molecule has 0 spiro atoms. The number of nitrogens with one attached hydrogen (secondary N) is 1. The lowest BCUT2D eigenvalue weighted by Gasteiger charge is -2.15. The molecule has 0 bridgehead atoms. The van der Waals surface area contributed by atoms with Crippen molar-refractivity contribution in [1.82, 2.24) is 0 Å². The summed E-state index contributed by atoms with van der Waals surface area (Å²) in [4.78, 5) is 37.7. The van der Waals surface area contributed by atoms with Crippen LogP contribution in [0.25, 0.3) is 10.8 Å². The van der Waals surface area contributed by atoms with E-state index in [-0.39, 0.29) is 24.1 Å². The molecule has 1 aliphatic rings. The van der Waals surface area contributed by atoms with Crippen molar-refractivity contribution in [3.63, 3.8) is 0 Å². The molecule has 0 saturated carbocycles. The van der Waals surface area contributed by atoms with E-state index in [2.05, 4.69) is 29.6 Å². The molecule has 0 aliphatic carbocycles. The molecule has 29 heavy (non-hydrogen) atoms. The van der Waals surface area contributed by atoms with Crippen molar-refractivity contribution in [3.05, 3.63) is 72.3 Å². The standard InChI is InChI=1S/C23H21N3O3/c1-15(27)25-18-9-11-19(12-10-18)26-22(28)13-21(23(26)29)24-14-17-7-4-6-16-5-2-3-8-20(16)17/h2-12,21,24H,13-14H2,1H3,(H,25,27)/p+1/t21-/m0/s1. The van der Waals surface area contributed by atoms with Gasteiger partial charge in [-0.25, -0.2) is 4.90 Å². The first-order valence-electron chi connectivity index (χ1n) is 9.57. The lowest BCUT2D eigenvalue weighted by atomic mass is 10.0. The summed E-state index contributed by atoms with van der Waals surface area (Å²) in [6.07, 6.45) is 0.178. The van der Waals surface area contributed by atoms with Crippen molar-refractivity contribution in [3.8, 4) is 0 Å². The maximum atomic E-state index is 12.9. The first-order chi connectivity index (χ1) is 14.0. The number of nitrogens with zero attached hydrogens (tertiary/aromatic N) is 1. The van der Waals surface area contributed by atoms with Crippen LogP contribution in [0.1, 0.15) is 18.9 Å². The largest absolute Gasteiger partial charge is 0.332 e. The van der Waals surface area contributed by atoms with Crippen LogP contribution in [0.4, 0.5) is 11.4 Å². The van der Waals surface area contributed by atoms with Crippen LogP contribution >= 0.6 is 0 Å². The molecule has 3 aromatic rings. The minimum atomic E-state index is -0.434. The van der Waals surface area contributed by atoms with Crippen LogP contribution in [0.3, 0.4) is 0 Å². The van der Waals surface area contributed by atoms with Crippen LogP contribution in [0.5, 0.6) is 0 Å². The van der Waals surface area contributed by atoms with Crippen molar-refractivity contribution in [1.29, 1.82) is 0 Å². The summed E-state index contributed by atoms with van der Waals surface area (Å²) in [6.45, 7) is 2.05. The van der Waals surface area contributed by atoms with Gasteiger partial charge in [0.25, 0.3) is 5.91 Å². The molecular formula is C23H22N3O3+. The molecule has 1 fully saturated rings. The van der Waals surface area contributed by atoms with Crippen molar-refractivity contribution in [2.75, 3.05) is 10.2 Å². The second kappa shape index (κ2) is 7.85. The molecular weight excluding hydrogens is 366 g/mol. The van der Waals surface area contributed by atoms with Gasteiger partial charge < -0.3 is 10.6 Å². The molecule has 1 heterocycles. The van der Waals surface area contributed by atoms with E-state index in [1.54, 1.807) is 24.3 Å². The van der Waals surface area contributed by atoms with Crippen molar-refractivity contribution in [2.45, 2.75) is 25.9 Å². The second-order valence-corrected chi connectivity index (χ2v) is 7.18. The Labute approximate surface area is 168 Å². The highest BCUT2D eigenvalue weighted by Gasteiger charge is 2.42.